The summed E-state index contributed by atoms with van der Waals surface area (Å²) in [6.45, 7) is 6.70. The minimum atomic E-state index is -0.595. The number of halogens is 1. The van der Waals surface area contributed by atoms with Gasteiger partial charge in [0.1, 0.15) is 5.82 Å². The molecule has 1 heterocycles. The molecule has 2 rings (SSSR count). The van der Waals surface area contributed by atoms with Crippen LogP contribution in [0.4, 0.5) is 4.39 Å². The highest BCUT2D eigenvalue weighted by atomic mass is 19.1. The van der Waals surface area contributed by atoms with Gasteiger partial charge in [0.25, 0.3) is 0 Å². The molecule has 0 saturated carbocycles. The highest BCUT2D eigenvalue weighted by molar-refractivity contribution is 5.92. The van der Waals surface area contributed by atoms with E-state index in [-0.39, 0.29) is 11.4 Å². The first-order valence-corrected chi connectivity index (χ1v) is 7.61. The van der Waals surface area contributed by atoms with Crippen molar-refractivity contribution >= 4 is 5.91 Å². The third-order valence-corrected chi connectivity index (χ3v) is 4.15. The van der Waals surface area contributed by atoms with Crippen LogP contribution < -0.4 is 11.1 Å². The Hall–Kier alpha value is -1.46. The van der Waals surface area contributed by atoms with Gasteiger partial charge in [0, 0.05) is 24.2 Å². The predicted octanol–water partition coefficient (Wildman–Crippen LogP) is 1.75. The Morgan fingerprint density at radius 2 is 2.14 bits per heavy atom. The van der Waals surface area contributed by atoms with Crippen LogP contribution >= 0.6 is 0 Å². The van der Waals surface area contributed by atoms with Crippen LogP contribution in [0.2, 0.25) is 0 Å². The molecule has 0 spiro atoms. The number of hydrogen-bond donors (Lipinski definition) is 2. The van der Waals surface area contributed by atoms with Crippen molar-refractivity contribution < 1.29 is 9.18 Å². The molecule has 5 heteroatoms. The summed E-state index contributed by atoms with van der Waals surface area (Å²) in [7, 11) is 0. The number of nitrogens with two attached hydrogens (primary N) is 1. The van der Waals surface area contributed by atoms with Gasteiger partial charge in [0.15, 0.2) is 0 Å². The molecule has 1 aromatic rings. The van der Waals surface area contributed by atoms with Gasteiger partial charge in [-0.2, -0.15) is 0 Å². The molecule has 0 bridgehead atoms. The van der Waals surface area contributed by atoms with Crippen molar-refractivity contribution in [3.63, 3.8) is 0 Å². The van der Waals surface area contributed by atoms with Gasteiger partial charge in [-0.3, -0.25) is 9.69 Å². The van der Waals surface area contributed by atoms with E-state index in [1.54, 1.807) is 12.1 Å². The van der Waals surface area contributed by atoms with E-state index in [1.165, 1.54) is 18.9 Å². The summed E-state index contributed by atoms with van der Waals surface area (Å²) in [5, 5.41) is 3.36. The quantitative estimate of drug-likeness (QED) is 0.840. The molecule has 0 radical (unpaired) electrons. The fourth-order valence-corrected chi connectivity index (χ4v) is 2.80. The van der Waals surface area contributed by atoms with Crippen molar-refractivity contribution in [2.45, 2.75) is 26.3 Å². The lowest BCUT2D eigenvalue weighted by Gasteiger charge is -2.29. The SMILES string of the molecule is CCN(Cc1ccc(C(N)=O)cc1F)CC1CCNCC1. The largest absolute Gasteiger partial charge is 0.366 e. The number of nitrogens with one attached hydrogen (secondary N) is 1. The maximum Gasteiger partial charge on any atom is 0.248 e. The molecule has 1 saturated heterocycles. The second kappa shape index (κ2) is 7.52. The smallest absolute Gasteiger partial charge is 0.248 e. The molecule has 1 aliphatic heterocycles. The lowest BCUT2D eigenvalue weighted by molar-refractivity contribution is 0.1000. The average molecular weight is 293 g/mol. The van der Waals surface area contributed by atoms with Gasteiger partial charge in [-0.05, 0) is 50.5 Å². The van der Waals surface area contributed by atoms with Crippen molar-refractivity contribution in [1.29, 1.82) is 0 Å². The third kappa shape index (κ3) is 4.51. The summed E-state index contributed by atoms with van der Waals surface area (Å²) in [5.41, 5.74) is 6.00. The van der Waals surface area contributed by atoms with Crippen LogP contribution in [0.1, 0.15) is 35.7 Å². The van der Waals surface area contributed by atoms with Gasteiger partial charge >= 0.3 is 0 Å². The molecule has 4 nitrogen and oxygen atoms in total. The first-order valence-electron chi connectivity index (χ1n) is 7.61. The zero-order valence-corrected chi connectivity index (χ0v) is 12.6. The summed E-state index contributed by atoms with van der Waals surface area (Å²) in [5.74, 6) is -0.267. The van der Waals surface area contributed by atoms with Gasteiger partial charge in [-0.15, -0.1) is 0 Å². The van der Waals surface area contributed by atoms with Crippen LogP contribution in [-0.2, 0) is 6.54 Å². The molecule has 116 valence electrons. The van der Waals surface area contributed by atoms with Crippen LogP contribution in [0.15, 0.2) is 18.2 Å². The molecular weight excluding hydrogens is 269 g/mol. The first kappa shape index (κ1) is 15.9. The van der Waals surface area contributed by atoms with E-state index >= 15 is 0 Å². The lowest BCUT2D eigenvalue weighted by atomic mass is 9.97. The minimum absolute atomic E-state index is 0.220. The highest BCUT2D eigenvalue weighted by Gasteiger charge is 2.17. The Morgan fingerprint density at radius 3 is 2.71 bits per heavy atom. The highest BCUT2D eigenvalue weighted by Crippen LogP contribution is 2.17. The van der Waals surface area contributed by atoms with Crippen molar-refractivity contribution in [2.24, 2.45) is 11.7 Å². The number of amides is 1. The lowest BCUT2D eigenvalue weighted by Crippen LogP contribution is -2.36. The maximum absolute atomic E-state index is 14.0. The number of carbonyl (C=O) groups excluding carboxylic acids is 1. The minimum Gasteiger partial charge on any atom is -0.366 e. The number of primary amides is 1. The number of hydrogen-bond acceptors (Lipinski definition) is 3. The first-order chi connectivity index (χ1) is 10.1. The van der Waals surface area contributed by atoms with Crippen LogP contribution in [0, 0.1) is 11.7 Å². The predicted molar refractivity (Wildman–Crippen MR) is 81.5 cm³/mol. The average Bonchev–Trinajstić information content (AvgIpc) is 2.49. The zero-order chi connectivity index (χ0) is 15.2. The zero-order valence-electron chi connectivity index (χ0n) is 12.6. The Morgan fingerprint density at radius 1 is 1.43 bits per heavy atom. The fraction of sp³-hybridized carbons (Fsp3) is 0.562. The van der Waals surface area contributed by atoms with Gasteiger partial charge in [0.05, 0.1) is 0 Å². The molecule has 21 heavy (non-hydrogen) atoms. The van der Waals surface area contributed by atoms with E-state index in [9.17, 15) is 9.18 Å². The Labute approximate surface area is 125 Å². The maximum atomic E-state index is 14.0. The van der Waals surface area contributed by atoms with Crippen LogP contribution in [-0.4, -0.2) is 37.0 Å². The summed E-state index contributed by atoms with van der Waals surface area (Å²) in [6, 6.07) is 4.50. The topological polar surface area (TPSA) is 58.4 Å². The van der Waals surface area contributed by atoms with E-state index in [0.29, 0.717) is 18.0 Å². The molecule has 3 N–H and O–H groups in total. The van der Waals surface area contributed by atoms with Crippen molar-refractivity contribution in [3.05, 3.63) is 35.1 Å². The molecule has 0 atom stereocenters. The van der Waals surface area contributed by atoms with E-state index in [1.807, 2.05) is 0 Å². The standard InChI is InChI=1S/C16H24FN3O/c1-2-20(10-12-5-7-19-8-6-12)11-14-4-3-13(16(18)21)9-15(14)17/h3-4,9,12,19H,2,5-8,10-11H2,1H3,(H2,18,21). The molecule has 0 aliphatic carbocycles. The molecule has 1 amide bonds. The van der Waals surface area contributed by atoms with Gasteiger partial charge < -0.3 is 11.1 Å². The van der Waals surface area contributed by atoms with E-state index in [2.05, 4.69) is 17.1 Å². The number of carbonyl (C=O) groups is 1. The summed E-state index contributed by atoms with van der Waals surface area (Å²) < 4.78 is 14.0. The number of rotatable bonds is 6. The molecule has 0 aromatic heterocycles. The molecule has 1 aliphatic rings. The van der Waals surface area contributed by atoms with Crippen LogP contribution in [0.25, 0.3) is 0 Å². The Kier molecular flexibility index (Phi) is 5.70. The van der Waals surface area contributed by atoms with E-state index in [4.69, 9.17) is 5.73 Å². The molecule has 0 unspecified atom stereocenters. The second-order valence-corrected chi connectivity index (χ2v) is 5.69. The summed E-state index contributed by atoms with van der Waals surface area (Å²) in [6.07, 6.45) is 2.36. The van der Waals surface area contributed by atoms with Crippen LogP contribution in [0.5, 0.6) is 0 Å². The Bertz CT molecular complexity index is 486. The van der Waals surface area contributed by atoms with E-state index in [0.717, 1.165) is 26.2 Å². The van der Waals surface area contributed by atoms with Gasteiger partial charge in [-0.25, -0.2) is 4.39 Å². The fourth-order valence-electron chi connectivity index (χ4n) is 2.80. The number of piperidine rings is 1. The van der Waals surface area contributed by atoms with Crippen molar-refractivity contribution in [1.82, 2.24) is 10.2 Å². The van der Waals surface area contributed by atoms with E-state index < -0.39 is 5.91 Å². The van der Waals surface area contributed by atoms with Gasteiger partial charge in [-0.1, -0.05) is 13.0 Å². The summed E-state index contributed by atoms with van der Waals surface area (Å²) in [4.78, 5) is 13.3. The van der Waals surface area contributed by atoms with Crippen LogP contribution in [0.3, 0.4) is 0 Å². The second-order valence-electron chi connectivity index (χ2n) is 5.69. The van der Waals surface area contributed by atoms with Crippen molar-refractivity contribution in [3.8, 4) is 0 Å². The molecular formula is C16H24FN3O. The summed E-state index contributed by atoms with van der Waals surface area (Å²) >= 11 is 0. The number of nitrogens with zero attached hydrogens (tertiary/aromatic N) is 1. The Balaban J connectivity index is 1.99. The van der Waals surface area contributed by atoms with Crippen molar-refractivity contribution in [2.75, 3.05) is 26.2 Å². The van der Waals surface area contributed by atoms with Gasteiger partial charge in [0.2, 0.25) is 5.91 Å². The molecule has 1 fully saturated rings. The third-order valence-electron chi connectivity index (χ3n) is 4.15. The monoisotopic (exact) mass is 293 g/mol. The number of benzene rings is 1. The molecule has 1 aromatic carbocycles. The normalized spacial score (nSPS) is 16.3.